The average Bonchev–Trinajstić information content (AvgIpc) is 2.60. The molecule has 1 heterocycles. The molecule has 2 aromatic rings. The average molecular weight is 361 g/mol. The SMILES string of the molecule is CN1C=C(C(=O)NCc2ccc(Cl)cc2)Cc2cc(CCl)ccc21. The molecule has 0 radical (unpaired) electrons. The van der Waals surface area contributed by atoms with Crippen LogP contribution >= 0.6 is 23.2 Å². The minimum atomic E-state index is -0.0567. The largest absolute Gasteiger partial charge is 0.350 e. The Bertz CT molecular complexity index is 784. The molecule has 1 aliphatic heterocycles. The van der Waals surface area contributed by atoms with Crippen molar-refractivity contribution < 1.29 is 4.79 Å². The highest BCUT2D eigenvalue weighted by atomic mass is 35.5. The molecular formula is C19H18Cl2N2O. The van der Waals surface area contributed by atoms with Crippen molar-refractivity contribution in [3.05, 3.63) is 76.0 Å². The number of nitrogens with zero attached hydrogens (tertiary/aromatic N) is 1. The molecule has 0 fully saturated rings. The molecule has 3 nitrogen and oxygen atoms in total. The lowest BCUT2D eigenvalue weighted by Crippen LogP contribution is -2.29. The number of carbonyl (C=O) groups excluding carboxylic acids is 1. The topological polar surface area (TPSA) is 32.3 Å². The highest BCUT2D eigenvalue weighted by molar-refractivity contribution is 6.30. The predicted octanol–water partition coefficient (Wildman–Crippen LogP) is 4.27. The van der Waals surface area contributed by atoms with E-state index in [4.69, 9.17) is 23.2 Å². The Morgan fingerprint density at radius 1 is 1.17 bits per heavy atom. The number of amides is 1. The lowest BCUT2D eigenvalue weighted by Gasteiger charge is -2.26. The van der Waals surface area contributed by atoms with Gasteiger partial charge in [0.15, 0.2) is 0 Å². The number of fused-ring (bicyclic) bond motifs is 1. The van der Waals surface area contributed by atoms with E-state index in [1.807, 2.05) is 54.5 Å². The second-order valence-corrected chi connectivity index (χ2v) is 6.55. The number of rotatable bonds is 4. The molecule has 1 amide bonds. The maximum absolute atomic E-state index is 12.5. The number of hydrogen-bond acceptors (Lipinski definition) is 2. The van der Waals surface area contributed by atoms with E-state index in [0.29, 0.717) is 23.9 Å². The van der Waals surface area contributed by atoms with Gasteiger partial charge in [-0.15, -0.1) is 11.6 Å². The highest BCUT2D eigenvalue weighted by Gasteiger charge is 2.20. The summed E-state index contributed by atoms with van der Waals surface area (Å²) in [7, 11) is 1.95. The van der Waals surface area contributed by atoms with Crippen LogP contribution in [0.25, 0.3) is 0 Å². The van der Waals surface area contributed by atoms with Crippen LogP contribution in [0.5, 0.6) is 0 Å². The summed E-state index contributed by atoms with van der Waals surface area (Å²) in [4.78, 5) is 14.5. The normalized spacial score (nSPS) is 13.3. The van der Waals surface area contributed by atoms with Gasteiger partial charge in [-0.05, 0) is 34.9 Å². The first-order valence-electron chi connectivity index (χ1n) is 7.71. The second kappa shape index (κ2) is 7.29. The van der Waals surface area contributed by atoms with Crippen molar-refractivity contribution >= 4 is 34.8 Å². The zero-order valence-corrected chi connectivity index (χ0v) is 14.9. The maximum Gasteiger partial charge on any atom is 0.249 e. The quantitative estimate of drug-likeness (QED) is 0.825. The molecule has 2 aromatic carbocycles. The summed E-state index contributed by atoms with van der Waals surface area (Å²) in [6.45, 7) is 0.478. The molecule has 0 aromatic heterocycles. The van der Waals surface area contributed by atoms with Crippen LogP contribution in [-0.4, -0.2) is 13.0 Å². The van der Waals surface area contributed by atoms with E-state index in [1.165, 1.54) is 0 Å². The van der Waals surface area contributed by atoms with Gasteiger partial charge in [0.05, 0.1) is 0 Å². The Morgan fingerprint density at radius 2 is 1.88 bits per heavy atom. The van der Waals surface area contributed by atoms with Crippen molar-refractivity contribution in [1.82, 2.24) is 5.32 Å². The predicted molar refractivity (Wildman–Crippen MR) is 99.5 cm³/mol. The molecule has 0 spiro atoms. The van der Waals surface area contributed by atoms with Gasteiger partial charge in [0, 0.05) is 48.4 Å². The third-order valence-corrected chi connectivity index (χ3v) is 4.63. The fourth-order valence-corrected chi connectivity index (χ4v) is 3.09. The van der Waals surface area contributed by atoms with Crippen molar-refractivity contribution in [3.63, 3.8) is 0 Å². The van der Waals surface area contributed by atoms with E-state index in [0.717, 1.165) is 28.0 Å². The van der Waals surface area contributed by atoms with Gasteiger partial charge in [0.25, 0.3) is 0 Å². The number of halogens is 2. The zero-order valence-electron chi connectivity index (χ0n) is 13.4. The number of benzene rings is 2. The molecule has 24 heavy (non-hydrogen) atoms. The minimum Gasteiger partial charge on any atom is -0.350 e. The van der Waals surface area contributed by atoms with Crippen molar-refractivity contribution in [2.45, 2.75) is 18.8 Å². The van der Waals surface area contributed by atoms with Crippen LogP contribution in [0.2, 0.25) is 5.02 Å². The number of hydrogen-bond donors (Lipinski definition) is 1. The van der Waals surface area contributed by atoms with Gasteiger partial charge in [-0.1, -0.05) is 35.9 Å². The summed E-state index contributed by atoms with van der Waals surface area (Å²) in [5, 5.41) is 3.65. The van der Waals surface area contributed by atoms with Gasteiger partial charge in [-0.2, -0.15) is 0 Å². The third-order valence-electron chi connectivity index (χ3n) is 4.07. The summed E-state index contributed by atoms with van der Waals surface area (Å²) in [6, 6.07) is 13.6. The van der Waals surface area contributed by atoms with E-state index < -0.39 is 0 Å². The molecular weight excluding hydrogens is 343 g/mol. The van der Waals surface area contributed by atoms with Crippen molar-refractivity contribution in [2.75, 3.05) is 11.9 Å². The molecule has 0 unspecified atom stereocenters. The van der Waals surface area contributed by atoms with E-state index >= 15 is 0 Å². The van der Waals surface area contributed by atoms with Crippen molar-refractivity contribution in [3.8, 4) is 0 Å². The Hall–Kier alpha value is -1.97. The minimum absolute atomic E-state index is 0.0567. The molecule has 1 N–H and O–H groups in total. The highest BCUT2D eigenvalue weighted by Crippen LogP contribution is 2.29. The number of nitrogens with one attached hydrogen (secondary N) is 1. The van der Waals surface area contributed by atoms with Crippen LogP contribution in [-0.2, 0) is 23.6 Å². The Labute approximate surface area is 151 Å². The number of anilines is 1. The van der Waals surface area contributed by atoms with Gasteiger partial charge in [0.1, 0.15) is 0 Å². The van der Waals surface area contributed by atoms with E-state index in [9.17, 15) is 4.79 Å². The third kappa shape index (κ3) is 3.74. The summed E-state index contributed by atoms with van der Waals surface area (Å²) in [6.07, 6.45) is 2.50. The molecule has 124 valence electrons. The lowest BCUT2D eigenvalue weighted by atomic mass is 9.97. The molecule has 0 aliphatic carbocycles. The molecule has 0 bridgehead atoms. The van der Waals surface area contributed by atoms with Crippen LogP contribution < -0.4 is 10.2 Å². The fourth-order valence-electron chi connectivity index (χ4n) is 2.80. The molecule has 3 rings (SSSR count). The molecule has 5 heteroatoms. The van der Waals surface area contributed by atoms with Gasteiger partial charge >= 0.3 is 0 Å². The molecule has 1 aliphatic rings. The first-order valence-corrected chi connectivity index (χ1v) is 8.62. The Balaban J connectivity index is 1.70. The van der Waals surface area contributed by atoms with Gasteiger partial charge in [-0.3, -0.25) is 4.79 Å². The second-order valence-electron chi connectivity index (χ2n) is 5.85. The Kier molecular flexibility index (Phi) is 5.12. The van der Waals surface area contributed by atoms with Crippen LogP contribution in [0, 0.1) is 0 Å². The van der Waals surface area contributed by atoms with Crippen LogP contribution in [0.3, 0.4) is 0 Å². The molecule has 0 saturated carbocycles. The van der Waals surface area contributed by atoms with E-state index in [2.05, 4.69) is 11.4 Å². The fraction of sp³-hybridized carbons (Fsp3) is 0.211. The van der Waals surface area contributed by atoms with E-state index in [-0.39, 0.29) is 5.91 Å². The van der Waals surface area contributed by atoms with Crippen molar-refractivity contribution in [1.29, 1.82) is 0 Å². The standard InChI is InChI=1S/C19H18Cl2N2O/c1-23-12-16(9-15-8-14(10-20)4-7-18(15)23)19(24)22-11-13-2-5-17(21)6-3-13/h2-8,12H,9-11H2,1H3,(H,22,24). The first kappa shape index (κ1) is 16.9. The smallest absolute Gasteiger partial charge is 0.249 e. The molecule has 0 saturated heterocycles. The first-order chi connectivity index (χ1) is 11.6. The number of alkyl halides is 1. The summed E-state index contributed by atoms with van der Waals surface area (Å²) in [5.74, 6) is 0.414. The van der Waals surface area contributed by atoms with E-state index in [1.54, 1.807) is 0 Å². The van der Waals surface area contributed by atoms with Crippen molar-refractivity contribution in [2.24, 2.45) is 0 Å². The van der Waals surface area contributed by atoms with Crippen LogP contribution in [0.15, 0.2) is 54.2 Å². The van der Waals surface area contributed by atoms with Crippen LogP contribution in [0.4, 0.5) is 5.69 Å². The molecule has 0 atom stereocenters. The summed E-state index contributed by atoms with van der Waals surface area (Å²) >= 11 is 11.8. The Morgan fingerprint density at radius 3 is 2.58 bits per heavy atom. The summed E-state index contributed by atoms with van der Waals surface area (Å²) in [5.41, 5.74) is 5.05. The maximum atomic E-state index is 12.5. The van der Waals surface area contributed by atoms with Gasteiger partial charge in [-0.25, -0.2) is 0 Å². The number of carbonyl (C=O) groups is 1. The summed E-state index contributed by atoms with van der Waals surface area (Å²) < 4.78 is 0. The monoisotopic (exact) mass is 360 g/mol. The van der Waals surface area contributed by atoms with Gasteiger partial charge < -0.3 is 10.2 Å². The van der Waals surface area contributed by atoms with Crippen LogP contribution in [0.1, 0.15) is 16.7 Å². The zero-order chi connectivity index (χ0) is 17.1. The lowest BCUT2D eigenvalue weighted by molar-refractivity contribution is -0.117. The van der Waals surface area contributed by atoms with Gasteiger partial charge in [0.2, 0.25) is 5.91 Å².